The van der Waals surface area contributed by atoms with Gasteiger partial charge < -0.3 is 9.32 Å². The van der Waals surface area contributed by atoms with E-state index in [0.29, 0.717) is 0 Å². The zero-order chi connectivity index (χ0) is 42.1. The van der Waals surface area contributed by atoms with Gasteiger partial charge in [-0.15, -0.1) is 0 Å². The van der Waals surface area contributed by atoms with Crippen molar-refractivity contribution in [3.05, 3.63) is 236 Å². The van der Waals surface area contributed by atoms with Gasteiger partial charge in [0.2, 0.25) is 0 Å². The van der Waals surface area contributed by atoms with Crippen LogP contribution >= 0.6 is 0 Å². The molecule has 10 aromatic carbocycles. The molecule has 0 atom stereocenters. The predicted molar refractivity (Wildman–Crippen MR) is 265 cm³/mol. The molecular formula is C61H43NO. The highest BCUT2D eigenvalue weighted by atomic mass is 16.3. The molecule has 63 heavy (non-hydrogen) atoms. The highest BCUT2D eigenvalue weighted by molar-refractivity contribution is 6.12. The molecule has 0 saturated carbocycles. The third-order valence-corrected chi connectivity index (χ3v) is 13.3. The number of hydrogen-bond donors (Lipinski definition) is 0. The topological polar surface area (TPSA) is 16.4 Å². The second-order valence-electron chi connectivity index (χ2n) is 17.2. The van der Waals surface area contributed by atoms with Gasteiger partial charge in [-0.25, -0.2) is 0 Å². The van der Waals surface area contributed by atoms with E-state index in [9.17, 15) is 0 Å². The molecule has 1 heterocycles. The van der Waals surface area contributed by atoms with E-state index in [0.717, 1.165) is 66.8 Å². The zero-order valence-electron chi connectivity index (χ0n) is 35.2. The highest BCUT2D eigenvalue weighted by Crippen LogP contribution is 2.53. The van der Waals surface area contributed by atoms with Crippen LogP contribution in [-0.2, 0) is 5.41 Å². The monoisotopic (exact) mass is 805 g/mol. The summed E-state index contributed by atoms with van der Waals surface area (Å²) in [6, 6.07) is 81.7. The zero-order valence-corrected chi connectivity index (χ0v) is 35.2. The van der Waals surface area contributed by atoms with Crippen molar-refractivity contribution in [2.75, 3.05) is 4.90 Å². The second kappa shape index (κ2) is 14.6. The molecule has 2 heteroatoms. The lowest BCUT2D eigenvalue weighted by molar-refractivity contribution is 0.660. The molecule has 0 N–H and O–H groups in total. The van der Waals surface area contributed by atoms with Crippen molar-refractivity contribution in [1.29, 1.82) is 0 Å². The predicted octanol–water partition coefficient (Wildman–Crippen LogP) is 17.2. The summed E-state index contributed by atoms with van der Waals surface area (Å²) in [6.45, 7) is 4.70. The van der Waals surface area contributed by atoms with E-state index < -0.39 is 0 Å². The smallest absolute Gasteiger partial charge is 0.143 e. The molecule has 0 saturated heterocycles. The summed E-state index contributed by atoms with van der Waals surface area (Å²) < 4.78 is 6.78. The summed E-state index contributed by atoms with van der Waals surface area (Å²) in [6.07, 6.45) is 0. The number of benzene rings is 10. The average Bonchev–Trinajstić information content (AvgIpc) is 3.84. The Morgan fingerprint density at radius 2 is 0.984 bits per heavy atom. The molecule has 1 aliphatic carbocycles. The van der Waals surface area contributed by atoms with Gasteiger partial charge in [0.05, 0.1) is 5.69 Å². The van der Waals surface area contributed by atoms with Crippen LogP contribution in [0, 0.1) is 0 Å². The van der Waals surface area contributed by atoms with Crippen LogP contribution in [0.4, 0.5) is 17.1 Å². The summed E-state index contributed by atoms with van der Waals surface area (Å²) >= 11 is 0. The van der Waals surface area contributed by atoms with E-state index in [1.54, 1.807) is 0 Å². The lowest BCUT2D eigenvalue weighted by Gasteiger charge is -2.30. The van der Waals surface area contributed by atoms with Crippen LogP contribution in [0.2, 0.25) is 0 Å². The van der Waals surface area contributed by atoms with Gasteiger partial charge in [-0.2, -0.15) is 0 Å². The van der Waals surface area contributed by atoms with Crippen LogP contribution < -0.4 is 4.90 Å². The van der Waals surface area contributed by atoms with Crippen LogP contribution in [0.3, 0.4) is 0 Å². The molecule has 0 bridgehead atoms. The molecule has 298 valence electrons. The van der Waals surface area contributed by atoms with Gasteiger partial charge in [0.1, 0.15) is 11.2 Å². The third-order valence-electron chi connectivity index (χ3n) is 13.3. The van der Waals surface area contributed by atoms with Gasteiger partial charge in [0.25, 0.3) is 0 Å². The minimum atomic E-state index is -0.109. The summed E-state index contributed by atoms with van der Waals surface area (Å²) in [5.74, 6) is 0. The van der Waals surface area contributed by atoms with Crippen molar-refractivity contribution in [2.45, 2.75) is 19.3 Å². The molecule has 0 unspecified atom stereocenters. The lowest BCUT2D eigenvalue weighted by Crippen LogP contribution is -2.14. The first kappa shape index (κ1) is 36.9. The van der Waals surface area contributed by atoms with E-state index in [2.05, 4.69) is 237 Å². The van der Waals surface area contributed by atoms with Gasteiger partial charge in [0, 0.05) is 38.7 Å². The molecule has 0 spiro atoms. The highest BCUT2D eigenvalue weighted by Gasteiger charge is 2.35. The number of rotatable bonds is 7. The summed E-state index contributed by atoms with van der Waals surface area (Å²) in [4.78, 5) is 2.45. The van der Waals surface area contributed by atoms with E-state index in [-0.39, 0.29) is 5.41 Å². The van der Waals surface area contributed by atoms with Crippen LogP contribution in [0.1, 0.15) is 25.0 Å². The molecule has 1 aromatic heterocycles. The first-order valence-electron chi connectivity index (χ1n) is 21.8. The van der Waals surface area contributed by atoms with Crippen molar-refractivity contribution in [3.8, 4) is 55.6 Å². The van der Waals surface area contributed by atoms with Crippen molar-refractivity contribution in [3.63, 3.8) is 0 Å². The Morgan fingerprint density at radius 1 is 0.365 bits per heavy atom. The maximum Gasteiger partial charge on any atom is 0.143 e. The van der Waals surface area contributed by atoms with Crippen LogP contribution in [0.25, 0.3) is 88.3 Å². The van der Waals surface area contributed by atoms with E-state index >= 15 is 0 Å². The van der Waals surface area contributed by atoms with Crippen molar-refractivity contribution in [1.82, 2.24) is 0 Å². The fourth-order valence-corrected chi connectivity index (χ4v) is 10.2. The number of fused-ring (bicyclic) bond motifs is 7. The Hall–Kier alpha value is -7.94. The fraction of sp³-hybridized carbons (Fsp3) is 0.0492. The Balaban J connectivity index is 1.13. The SMILES string of the molecule is CC1(C)c2ccccc2-c2cc(-c3c(-c4cccc5c4oc4ccccc45)cccc3N(c3ccc(-c4cccc5ccccc45)cc3)c3cccc(-c4ccccc4)c3)ccc21. The number of anilines is 3. The summed E-state index contributed by atoms with van der Waals surface area (Å²) in [5.41, 5.74) is 19.4. The van der Waals surface area contributed by atoms with Crippen molar-refractivity contribution >= 4 is 49.8 Å². The minimum absolute atomic E-state index is 0.109. The van der Waals surface area contributed by atoms with Gasteiger partial charge >= 0.3 is 0 Å². The molecule has 2 nitrogen and oxygen atoms in total. The quantitative estimate of drug-likeness (QED) is 0.160. The molecule has 11 aromatic rings. The Labute approximate surface area is 368 Å². The molecule has 1 aliphatic rings. The number of hydrogen-bond acceptors (Lipinski definition) is 2. The first-order valence-corrected chi connectivity index (χ1v) is 21.8. The Morgan fingerprint density at radius 3 is 1.87 bits per heavy atom. The van der Waals surface area contributed by atoms with Gasteiger partial charge in [0.15, 0.2) is 0 Å². The molecular weight excluding hydrogens is 763 g/mol. The lowest BCUT2D eigenvalue weighted by atomic mass is 9.82. The van der Waals surface area contributed by atoms with Crippen LogP contribution in [-0.4, -0.2) is 0 Å². The van der Waals surface area contributed by atoms with Gasteiger partial charge in [-0.3, -0.25) is 0 Å². The molecule has 0 radical (unpaired) electrons. The van der Waals surface area contributed by atoms with Crippen molar-refractivity contribution < 1.29 is 4.42 Å². The molecule has 0 amide bonds. The van der Waals surface area contributed by atoms with Crippen molar-refractivity contribution in [2.24, 2.45) is 0 Å². The van der Waals surface area contributed by atoms with E-state index in [4.69, 9.17) is 4.42 Å². The van der Waals surface area contributed by atoms with Gasteiger partial charge in [-0.1, -0.05) is 196 Å². The van der Waals surface area contributed by atoms with Crippen LogP contribution in [0.5, 0.6) is 0 Å². The van der Waals surface area contributed by atoms with Crippen LogP contribution in [0.15, 0.2) is 229 Å². The standard InChI is InChI=1S/C61H43NO/c1-61(2)55-29-10-8-23-49(55)54-39-44(34-37-56(54)61)59-51(53-28-14-27-52-50-24-9-11-31-58(50)63-60(52)53)26-15-30-57(59)62(46-21-12-20-43(38-46)40-16-4-3-5-17-40)45-35-32-42(33-36-45)48-25-13-19-41-18-6-7-22-47(41)48/h3-39H,1-2H3. The number of para-hydroxylation sites is 2. The van der Waals surface area contributed by atoms with E-state index in [1.165, 1.54) is 49.7 Å². The average molecular weight is 806 g/mol. The molecule has 0 fully saturated rings. The number of furan rings is 1. The first-order chi connectivity index (χ1) is 31.0. The normalized spacial score (nSPS) is 12.7. The Kier molecular flexibility index (Phi) is 8.55. The maximum atomic E-state index is 6.78. The number of nitrogens with zero attached hydrogens (tertiary/aromatic N) is 1. The fourth-order valence-electron chi connectivity index (χ4n) is 10.2. The van der Waals surface area contributed by atoms with Gasteiger partial charge in [-0.05, 0) is 109 Å². The second-order valence-corrected chi connectivity index (χ2v) is 17.2. The Bertz CT molecular complexity index is 3530. The van der Waals surface area contributed by atoms with E-state index in [1.807, 2.05) is 6.07 Å². The minimum Gasteiger partial charge on any atom is -0.455 e. The summed E-state index contributed by atoms with van der Waals surface area (Å²) in [7, 11) is 0. The maximum absolute atomic E-state index is 6.78. The summed E-state index contributed by atoms with van der Waals surface area (Å²) in [5, 5.41) is 4.71. The molecule has 0 aliphatic heterocycles. The molecule has 12 rings (SSSR count). The largest absolute Gasteiger partial charge is 0.455 e. The third kappa shape index (κ3) is 6.02.